The summed E-state index contributed by atoms with van der Waals surface area (Å²) in [5.41, 5.74) is 4.07. The molecule has 0 atom stereocenters. The van der Waals surface area contributed by atoms with E-state index in [-0.39, 0.29) is 18.0 Å². The number of aryl methyl sites for hydroxylation is 3. The predicted molar refractivity (Wildman–Crippen MR) is 122 cm³/mol. The minimum atomic E-state index is -0.513. The number of aromatic nitrogens is 4. The van der Waals surface area contributed by atoms with Crippen LogP contribution >= 0.6 is 11.3 Å². The SMILES string of the molecule is C/C=C(\C=C(/C)F)Cn1c(Nc2cc3sc(C)nc3cc2C)nc(=O)c2onc(C)c21. The number of allylic oxidation sites excluding steroid dienone is 4. The van der Waals surface area contributed by atoms with E-state index in [4.69, 9.17) is 4.52 Å². The van der Waals surface area contributed by atoms with E-state index in [1.807, 2.05) is 39.0 Å². The Morgan fingerprint density at radius 3 is 2.77 bits per heavy atom. The van der Waals surface area contributed by atoms with Gasteiger partial charge < -0.3 is 14.4 Å². The van der Waals surface area contributed by atoms with Gasteiger partial charge in [-0.25, -0.2) is 9.37 Å². The van der Waals surface area contributed by atoms with E-state index in [0.717, 1.165) is 32.0 Å². The Labute approximate surface area is 181 Å². The molecule has 3 heterocycles. The molecular weight excluding hydrogens is 417 g/mol. The highest BCUT2D eigenvalue weighted by atomic mass is 32.1. The molecule has 4 aromatic rings. The first-order valence-electron chi connectivity index (χ1n) is 9.77. The summed E-state index contributed by atoms with van der Waals surface area (Å²) in [6.07, 6.45) is 3.27. The molecule has 0 aliphatic rings. The summed E-state index contributed by atoms with van der Waals surface area (Å²) in [5, 5.41) is 8.22. The van der Waals surface area contributed by atoms with Gasteiger partial charge in [-0.05, 0) is 64.0 Å². The van der Waals surface area contributed by atoms with Gasteiger partial charge in [0.2, 0.25) is 5.95 Å². The first-order valence-corrected chi connectivity index (χ1v) is 10.6. The number of fused-ring (bicyclic) bond motifs is 2. The number of thiazole rings is 1. The van der Waals surface area contributed by atoms with E-state index in [2.05, 4.69) is 20.4 Å². The maximum absolute atomic E-state index is 13.6. The van der Waals surface area contributed by atoms with Gasteiger partial charge in [-0.2, -0.15) is 4.98 Å². The normalized spacial score (nSPS) is 12.8. The Bertz CT molecular complexity index is 1420. The minimum absolute atomic E-state index is 0.0738. The number of hydrogen-bond donors (Lipinski definition) is 1. The first kappa shape index (κ1) is 20.9. The number of nitrogens with one attached hydrogen (secondary N) is 1. The molecule has 0 spiro atoms. The Balaban J connectivity index is 1.89. The third-order valence-corrected chi connectivity index (χ3v) is 5.88. The van der Waals surface area contributed by atoms with Gasteiger partial charge in [0, 0.05) is 5.69 Å². The first-order chi connectivity index (χ1) is 14.8. The summed E-state index contributed by atoms with van der Waals surface area (Å²) in [7, 11) is 0. The van der Waals surface area contributed by atoms with Crippen molar-refractivity contribution in [3.8, 4) is 0 Å². The van der Waals surface area contributed by atoms with Crippen molar-refractivity contribution in [1.82, 2.24) is 19.7 Å². The highest BCUT2D eigenvalue weighted by Crippen LogP contribution is 2.30. The van der Waals surface area contributed by atoms with Gasteiger partial charge in [0.25, 0.3) is 5.58 Å². The summed E-state index contributed by atoms with van der Waals surface area (Å²) < 4.78 is 21.6. The maximum atomic E-state index is 13.6. The van der Waals surface area contributed by atoms with Crippen molar-refractivity contribution in [2.75, 3.05) is 5.32 Å². The summed E-state index contributed by atoms with van der Waals surface area (Å²) in [6.45, 7) is 9.20. The summed E-state index contributed by atoms with van der Waals surface area (Å²) in [4.78, 5) is 21.3. The van der Waals surface area contributed by atoms with Crippen molar-refractivity contribution in [2.24, 2.45) is 0 Å². The second-order valence-electron chi connectivity index (χ2n) is 7.36. The average Bonchev–Trinajstić information content (AvgIpc) is 3.25. The molecule has 7 nitrogen and oxygen atoms in total. The van der Waals surface area contributed by atoms with Crippen molar-refractivity contribution in [2.45, 2.75) is 41.2 Å². The molecule has 0 saturated heterocycles. The lowest BCUT2D eigenvalue weighted by Crippen LogP contribution is -2.18. The van der Waals surface area contributed by atoms with Gasteiger partial charge in [0.1, 0.15) is 11.2 Å². The van der Waals surface area contributed by atoms with Gasteiger partial charge >= 0.3 is 5.56 Å². The van der Waals surface area contributed by atoms with Crippen LogP contribution in [0, 0.1) is 20.8 Å². The van der Waals surface area contributed by atoms with Gasteiger partial charge in [-0.15, -0.1) is 11.3 Å². The van der Waals surface area contributed by atoms with Crippen molar-refractivity contribution in [3.05, 3.63) is 62.3 Å². The van der Waals surface area contributed by atoms with Crippen LogP contribution in [0.5, 0.6) is 0 Å². The van der Waals surface area contributed by atoms with Gasteiger partial charge in [0.15, 0.2) is 0 Å². The highest BCUT2D eigenvalue weighted by Gasteiger charge is 2.19. The van der Waals surface area contributed by atoms with Crippen LogP contribution in [0.25, 0.3) is 21.3 Å². The fraction of sp³-hybridized carbons (Fsp3) is 0.273. The largest absolute Gasteiger partial charge is 0.348 e. The number of hydrogen-bond acceptors (Lipinski definition) is 7. The quantitative estimate of drug-likeness (QED) is 0.414. The van der Waals surface area contributed by atoms with E-state index >= 15 is 0 Å². The molecule has 0 saturated carbocycles. The monoisotopic (exact) mass is 439 g/mol. The van der Waals surface area contributed by atoms with E-state index in [1.165, 1.54) is 13.0 Å². The number of nitrogens with zero attached hydrogens (tertiary/aromatic N) is 4. The molecule has 9 heteroatoms. The lowest BCUT2D eigenvalue weighted by atomic mass is 10.2. The predicted octanol–water partition coefficient (Wildman–Crippen LogP) is 5.48. The topological polar surface area (TPSA) is 85.8 Å². The zero-order valence-electron chi connectivity index (χ0n) is 17.9. The third-order valence-electron chi connectivity index (χ3n) is 4.94. The zero-order valence-corrected chi connectivity index (χ0v) is 18.7. The Hall–Kier alpha value is -3.33. The molecular formula is C22H22FN5O2S. The van der Waals surface area contributed by atoms with E-state index in [0.29, 0.717) is 17.2 Å². The van der Waals surface area contributed by atoms with Crippen LogP contribution in [0.15, 0.2) is 45.0 Å². The molecule has 0 unspecified atom stereocenters. The molecule has 160 valence electrons. The molecule has 0 bridgehead atoms. The molecule has 1 N–H and O–H groups in total. The molecule has 0 aliphatic carbocycles. The van der Waals surface area contributed by atoms with E-state index in [1.54, 1.807) is 22.8 Å². The molecule has 0 radical (unpaired) electrons. The number of rotatable bonds is 5. The lowest BCUT2D eigenvalue weighted by molar-refractivity contribution is 0.447. The molecule has 0 amide bonds. The summed E-state index contributed by atoms with van der Waals surface area (Å²) in [6, 6.07) is 4.00. The molecule has 3 aromatic heterocycles. The van der Waals surface area contributed by atoms with Crippen LogP contribution in [-0.2, 0) is 6.54 Å². The van der Waals surface area contributed by atoms with Gasteiger partial charge in [-0.1, -0.05) is 11.2 Å². The molecule has 0 aliphatic heterocycles. The van der Waals surface area contributed by atoms with Crippen LogP contribution in [0.3, 0.4) is 0 Å². The minimum Gasteiger partial charge on any atom is -0.348 e. The Morgan fingerprint density at radius 1 is 1.29 bits per heavy atom. The average molecular weight is 440 g/mol. The summed E-state index contributed by atoms with van der Waals surface area (Å²) in [5.74, 6) is 0.0218. The Morgan fingerprint density at radius 2 is 2.06 bits per heavy atom. The van der Waals surface area contributed by atoms with Crippen LogP contribution in [0.1, 0.15) is 30.1 Å². The standard InChI is InChI=1S/C22H22FN5O2S/c1-6-15(8-12(3)23)10-28-19-13(4)27-30-20(19)21(29)26-22(28)25-16-9-18-17(7-11(16)2)24-14(5)31-18/h6-9H,10H2,1-5H3,(H,25,26,29)/b12-8+,15-6+. The van der Waals surface area contributed by atoms with E-state index in [9.17, 15) is 9.18 Å². The smallest absolute Gasteiger partial charge is 0.321 e. The highest BCUT2D eigenvalue weighted by molar-refractivity contribution is 7.18. The number of halogens is 1. The van der Waals surface area contributed by atoms with E-state index < -0.39 is 5.56 Å². The van der Waals surface area contributed by atoms with Crippen molar-refractivity contribution in [3.63, 3.8) is 0 Å². The van der Waals surface area contributed by atoms with Gasteiger partial charge in [-0.3, -0.25) is 4.79 Å². The molecule has 0 fully saturated rings. The fourth-order valence-electron chi connectivity index (χ4n) is 3.49. The second kappa shape index (κ2) is 8.07. The second-order valence-corrected chi connectivity index (χ2v) is 8.59. The lowest BCUT2D eigenvalue weighted by Gasteiger charge is -2.17. The van der Waals surface area contributed by atoms with Crippen LogP contribution in [0.4, 0.5) is 16.0 Å². The van der Waals surface area contributed by atoms with Crippen LogP contribution in [-0.4, -0.2) is 19.7 Å². The Kier molecular flexibility index (Phi) is 5.45. The summed E-state index contributed by atoms with van der Waals surface area (Å²) >= 11 is 1.60. The molecule has 31 heavy (non-hydrogen) atoms. The van der Waals surface area contributed by atoms with Gasteiger partial charge in [0.05, 0.1) is 27.6 Å². The maximum Gasteiger partial charge on any atom is 0.321 e. The third kappa shape index (κ3) is 4.00. The zero-order chi connectivity index (χ0) is 22.3. The number of benzene rings is 1. The fourth-order valence-corrected chi connectivity index (χ4v) is 4.34. The van der Waals surface area contributed by atoms with Crippen LogP contribution < -0.4 is 10.9 Å². The number of anilines is 2. The van der Waals surface area contributed by atoms with Crippen molar-refractivity contribution in [1.29, 1.82) is 0 Å². The molecule has 1 aromatic carbocycles. The molecule has 4 rings (SSSR count). The van der Waals surface area contributed by atoms with Crippen molar-refractivity contribution >= 4 is 44.3 Å². The van der Waals surface area contributed by atoms with Crippen molar-refractivity contribution < 1.29 is 8.91 Å². The van der Waals surface area contributed by atoms with Crippen LogP contribution in [0.2, 0.25) is 0 Å².